The summed E-state index contributed by atoms with van der Waals surface area (Å²) in [6.45, 7) is 6.46. The molecular weight excluding hydrogens is 236 g/mol. The Morgan fingerprint density at radius 2 is 2.00 bits per heavy atom. The monoisotopic (exact) mass is 257 g/mol. The van der Waals surface area contributed by atoms with Crippen molar-refractivity contribution in [3.63, 3.8) is 0 Å². The summed E-state index contributed by atoms with van der Waals surface area (Å²) in [5.74, 6) is -0.994. The largest absolute Gasteiger partial charge is 0.368 e. The number of halogens is 2. The number of hydrogen-bond acceptors (Lipinski definition) is 3. The lowest BCUT2D eigenvalue weighted by atomic mass is 10.2. The molecule has 1 unspecified atom stereocenters. The molecule has 0 aliphatic rings. The molecule has 18 heavy (non-hydrogen) atoms. The van der Waals surface area contributed by atoms with E-state index in [4.69, 9.17) is 0 Å². The van der Waals surface area contributed by atoms with Gasteiger partial charge in [0.25, 0.3) is 0 Å². The molecule has 1 aromatic heterocycles. The van der Waals surface area contributed by atoms with Gasteiger partial charge in [0.05, 0.1) is 0 Å². The highest BCUT2D eigenvalue weighted by Gasteiger charge is 2.18. The van der Waals surface area contributed by atoms with Crippen LogP contribution in [0.2, 0.25) is 0 Å². The fourth-order valence-corrected chi connectivity index (χ4v) is 1.82. The van der Waals surface area contributed by atoms with Crippen LogP contribution in [0.15, 0.2) is 6.07 Å². The van der Waals surface area contributed by atoms with E-state index in [1.165, 1.54) is 0 Å². The van der Waals surface area contributed by atoms with Crippen LogP contribution >= 0.6 is 0 Å². The molecule has 0 spiro atoms. The molecule has 3 nitrogen and oxygen atoms in total. The first kappa shape index (κ1) is 14.7. The molecular formula is C13H21F2N3. The Morgan fingerprint density at radius 1 is 1.33 bits per heavy atom. The predicted octanol–water partition coefficient (Wildman–Crippen LogP) is 3.42. The molecule has 1 N–H and O–H groups in total. The predicted molar refractivity (Wildman–Crippen MR) is 71.1 cm³/mol. The third-order valence-electron chi connectivity index (χ3n) is 2.96. The summed E-state index contributed by atoms with van der Waals surface area (Å²) >= 11 is 0. The number of aromatic nitrogens is 1. The van der Waals surface area contributed by atoms with Crippen molar-refractivity contribution < 1.29 is 8.78 Å². The van der Waals surface area contributed by atoms with E-state index in [-0.39, 0.29) is 17.7 Å². The Morgan fingerprint density at radius 3 is 2.56 bits per heavy atom. The molecule has 0 saturated carbocycles. The first-order chi connectivity index (χ1) is 8.51. The topological polar surface area (TPSA) is 28.2 Å². The quantitative estimate of drug-likeness (QED) is 0.846. The van der Waals surface area contributed by atoms with Gasteiger partial charge in [0, 0.05) is 25.7 Å². The van der Waals surface area contributed by atoms with Crippen LogP contribution in [0, 0.1) is 11.6 Å². The zero-order chi connectivity index (χ0) is 13.7. The number of nitrogens with one attached hydrogen (secondary N) is 1. The molecule has 1 heterocycles. The second-order valence-electron chi connectivity index (χ2n) is 4.40. The fourth-order valence-electron chi connectivity index (χ4n) is 1.82. The van der Waals surface area contributed by atoms with E-state index in [0.717, 1.165) is 18.9 Å². The van der Waals surface area contributed by atoms with Gasteiger partial charge in [0.15, 0.2) is 23.3 Å². The van der Waals surface area contributed by atoms with Crippen LogP contribution in [0.25, 0.3) is 0 Å². The standard InChI is InChI=1S/C13H21F2N3/c1-5-7-9(3)18(4)13-11(15)8-10(14)12(17-13)16-6-2/h8-9H,5-7H2,1-4H3,(H,16,17). The summed E-state index contributed by atoms with van der Waals surface area (Å²) < 4.78 is 27.2. The van der Waals surface area contributed by atoms with Crippen LogP contribution in [0.5, 0.6) is 0 Å². The van der Waals surface area contributed by atoms with Crippen molar-refractivity contribution in [3.05, 3.63) is 17.7 Å². The molecule has 0 bridgehead atoms. The highest BCUT2D eigenvalue weighted by Crippen LogP contribution is 2.23. The Kier molecular flexibility index (Phi) is 5.31. The lowest BCUT2D eigenvalue weighted by Crippen LogP contribution is -2.30. The Balaban J connectivity index is 3.03. The van der Waals surface area contributed by atoms with Gasteiger partial charge >= 0.3 is 0 Å². The normalized spacial score (nSPS) is 12.3. The van der Waals surface area contributed by atoms with E-state index in [1.807, 2.05) is 13.8 Å². The Bertz CT molecular complexity index is 396. The van der Waals surface area contributed by atoms with Crippen LogP contribution in [-0.4, -0.2) is 24.6 Å². The zero-order valence-electron chi connectivity index (χ0n) is 11.4. The molecule has 0 amide bonds. The number of rotatable bonds is 6. The van der Waals surface area contributed by atoms with Gasteiger partial charge in [-0.1, -0.05) is 13.3 Å². The maximum atomic E-state index is 13.7. The molecule has 0 aromatic carbocycles. The van der Waals surface area contributed by atoms with Crippen molar-refractivity contribution >= 4 is 11.6 Å². The summed E-state index contributed by atoms with van der Waals surface area (Å²) in [5.41, 5.74) is 0. The van der Waals surface area contributed by atoms with Gasteiger partial charge < -0.3 is 10.2 Å². The first-order valence-electron chi connectivity index (χ1n) is 6.33. The SMILES string of the molecule is CCCC(C)N(C)c1nc(NCC)c(F)cc1F. The third kappa shape index (κ3) is 3.31. The fraction of sp³-hybridized carbons (Fsp3) is 0.615. The number of pyridine rings is 1. The van der Waals surface area contributed by atoms with Crippen molar-refractivity contribution in [2.75, 3.05) is 23.8 Å². The first-order valence-corrected chi connectivity index (χ1v) is 6.33. The van der Waals surface area contributed by atoms with Gasteiger partial charge in [-0.15, -0.1) is 0 Å². The minimum atomic E-state index is -0.658. The molecule has 0 radical (unpaired) electrons. The minimum absolute atomic E-state index is 0.101. The summed E-state index contributed by atoms with van der Waals surface area (Å²) in [6, 6.07) is 1.05. The average Bonchev–Trinajstić information content (AvgIpc) is 2.32. The third-order valence-corrected chi connectivity index (χ3v) is 2.96. The van der Waals surface area contributed by atoms with Crippen molar-refractivity contribution in [1.29, 1.82) is 0 Å². The highest BCUT2D eigenvalue weighted by molar-refractivity contribution is 5.49. The average molecular weight is 257 g/mol. The Hall–Kier alpha value is -1.39. The van der Waals surface area contributed by atoms with E-state index in [0.29, 0.717) is 6.54 Å². The smallest absolute Gasteiger partial charge is 0.168 e. The van der Waals surface area contributed by atoms with Gasteiger partial charge in [-0.3, -0.25) is 0 Å². The molecule has 102 valence electrons. The second-order valence-corrected chi connectivity index (χ2v) is 4.40. The lowest BCUT2D eigenvalue weighted by Gasteiger charge is -2.26. The molecule has 5 heteroatoms. The minimum Gasteiger partial charge on any atom is -0.368 e. The molecule has 0 fully saturated rings. The maximum Gasteiger partial charge on any atom is 0.168 e. The van der Waals surface area contributed by atoms with E-state index in [1.54, 1.807) is 11.9 Å². The number of anilines is 2. The van der Waals surface area contributed by atoms with Crippen LogP contribution in [0.4, 0.5) is 20.4 Å². The van der Waals surface area contributed by atoms with Crippen molar-refractivity contribution in [1.82, 2.24) is 4.98 Å². The Labute approximate surface area is 107 Å². The molecule has 1 aromatic rings. The van der Waals surface area contributed by atoms with E-state index in [2.05, 4.69) is 17.2 Å². The van der Waals surface area contributed by atoms with Gasteiger partial charge in [-0.25, -0.2) is 13.8 Å². The lowest BCUT2D eigenvalue weighted by molar-refractivity contribution is 0.553. The summed E-state index contributed by atoms with van der Waals surface area (Å²) in [5, 5.41) is 2.79. The van der Waals surface area contributed by atoms with E-state index < -0.39 is 11.6 Å². The van der Waals surface area contributed by atoms with Crippen LogP contribution in [0.1, 0.15) is 33.6 Å². The molecule has 1 atom stereocenters. The van der Waals surface area contributed by atoms with Gasteiger partial charge in [0.1, 0.15) is 0 Å². The van der Waals surface area contributed by atoms with Crippen LogP contribution in [-0.2, 0) is 0 Å². The van der Waals surface area contributed by atoms with E-state index in [9.17, 15) is 8.78 Å². The van der Waals surface area contributed by atoms with Gasteiger partial charge in [-0.05, 0) is 20.3 Å². The molecule has 1 rings (SSSR count). The van der Waals surface area contributed by atoms with Gasteiger partial charge in [-0.2, -0.15) is 0 Å². The second kappa shape index (κ2) is 6.52. The summed E-state index contributed by atoms with van der Waals surface area (Å²) in [7, 11) is 1.78. The van der Waals surface area contributed by atoms with Crippen molar-refractivity contribution in [3.8, 4) is 0 Å². The van der Waals surface area contributed by atoms with Crippen molar-refractivity contribution in [2.24, 2.45) is 0 Å². The molecule has 0 aliphatic heterocycles. The van der Waals surface area contributed by atoms with Crippen molar-refractivity contribution in [2.45, 2.75) is 39.7 Å². The maximum absolute atomic E-state index is 13.7. The van der Waals surface area contributed by atoms with Crippen LogP contribution in [0.3, 0.4) is 0 Å². The number of hydrogen-bond donors (Lipinski definition) is 1. The zero-order valence-corrected chi connectivity index (χ0v) is 11.4. The number of nitrogens with zero attached hydrogens (tertiary/aromatic N) is 2. The van der Waals surface area contributed by atoms with E-state index >= 15 is 0 Å². The van der Waals surface area contributed by atoms with Gasteiger partial charge in [0.2, 0.25) is 0 Å². The summed E-state index contributed by atoms with van der Waals surface area (Å²) in [6.07, 6.45) is 1.94. The summed E-state index contributed by atoms with van der Waals surface area (Å²) in [4.78, 5) is 5.78. The molecule has 0 aliphatic carbocycles. The van der Waals surface area contributed by atoms with Crippen LogP contribution < -0.4 is 10.2 Å². The molecule has 0 saturated heterocycles. The highest BCUT2D eigenvalue weighted by atomic mass is 19.1.